The third kappa shape index (κ3) is 2.91. The Hall–Kier alpha value is -0.490. The van der Waals surface area contributed by atoms with Crippen molar-refractivity contribution in [3.05, 3.63) is 16.1 Å². The van der Waals surface area contributed by atoms with Gasteiger partial charge in [-0.05, 0) is 20.3 Å². The highest BCUT2D eigenvalue weighted by Crippen LogP contribution is 2.32. The van der Waals surface area contributed by atoms with E-state index in [9.17, 15) is 0 Å². The Bertz CT molecular complexity index is 377. The molecule has 5 heteroatoms. The lowest BCUT2D eigenvalue weighted by Crippen LogP contribution is -2.35. The smallest absolute Gasteiger partial charge is 0.125 e. The van der Waals surface area contributed by atoms with Crippen LogP contribution in [0.3, 0.4) is 0 Å². The molecule has 4 nitrogen and oxygen atoms in total. The van der Waals surface area contributed by atoms with Gasteiger partial charge in [0.1, 0.15) is 10.6 Å². The predicted octanol–water partition coefficient (Wildman–Crippen LogP) is 2.47. The number of ether oxygens (including phenoxy) is 2. The molecule has 2 atom stereocenters. The third-order valence-electron chi connectivity index (χ3n) is 3.39. The van der Waals surface area contributed by atoms with Gasteiger partial charge in [-0.3, -0.25) is 0 Å². The van der Waals surface area contributed by atoms with Crippen molar-refractivity contribution in [2.24, 2.45) is 0 Å². The maximum Gasteiger partial charge on any atom is 0.125 e. The van der Waals surface area contributed by atoms with Crippen molar-refractivity contribution in [1.29, 1.82) is 0 Å². The topological polar surface area (TPSA) is 43.4 Å². The fourth-order valence-corrected chi connectivity index (χ4v) is 3.14. The highest BCUT2D eigenvalue weighted by atomic mass is 32.1. The molecule has 0 amide bonds. The van der Waals surface area contributed by atoms with Gasteiger partial charge in [-0.15, -0.1) is 11.3 Å². The first-order chi connectivity index (χ1) is 8.69. The number of aromatic nitrogens is 1. The Morgan fingerprint density at radius 3 is 3.06 bits per heavy atom. The molecule has 102 valence electrons. The highest BCUT2D eigenvalue weighted by Gasteiger charge is 2.29. The van der Waals surface area contributed by atoms with E-state index in [0.29, 0.717) is 13.2 Å². The molecule has 1 N–H and O–H groups in total. The summed E-state index contributed by atoms with van der Waals surface area (Å²) in [4.78, 5) is 4.75. The molecule has 18 heavy (non-hydrogen) atoms. The number of hydrogen-bond acceptors (Lipinski definition) is 5. The quantitative estimate of drug-likeness (QED) is 0.892. The van der Waals surface area contributed by atoms with Crippen molar-refractivity contribution in [2.75, 3.05) is 26.4 Å². The molecule has 0 radical (unpaired) electrons. The van der Waals surface area contributed by atoms with Gasteiger partial charge < -0.3 is 14.8 Å². The zero-order chi connectivity index (χ0) is 13.0. The number of thiazole rings is 1. The van der Waals surface area contributed by atoms with Crippen LogP contribution in [0, 0.1) is 0 Å². The van der Waals surface area contributed by atoms with Crippen molar-refractivity contribution in [1.82, 2.24) is 10.3 Å². The van der Waals surface area contributed by atoms with E-state index in [1.54, 1.807) is 11.3 Å². The number of rotatable bonds is 5. The molecular weight excluding hydrogens is 248 g/mol. The van der Waals surface area contributed by atoms with Crippen LogP contribution in [0.1, 0.15) is 43.9 Å². The first-order valence-electron chi connectivity index (χ1n) is 6.60. The summed E-state index contributed by atoms with van der Waals surface area (Å²) in [6.45, 7) is 9.39. The minimum atomic E-state index is -0.257. The second-order valence-corrected chi connectivity index (χ2v) is 5.53. The SMILES string of the molecule is CCOC(C)(CC)c1nc(C2COCCN2)cs1. The van der Waals surface area contributed by atoms with Gasteiger partial charge in [0.15, 0.2) is 0 Å². The van der Waals surface area contributed by atoms with Crippen molar-refractivity contribution < 1.29 is 9.47 Å². The Labute approximate surface area is 113 Å². The van der Waals surface area contributed by atoms with Crippen LogP contribution in [0.2, 0.25) is 0 Å². The lowest BCUT2D eigenvalue weighted by Gasteiger charge is -2.26. The maximum atomic E-state index is 5.86. The van der Waals surface area contributed by atoms with Gasteiger partial charge in [0.05, 0.1) is 24.9 Å². The zero-order valence-electron chi connectivity index (χ0n) is 11.4. The van der Waals surface area contributed by atoms with Gasteiger partial charge >= 0.3 is 0 Å². The largest absolute Gasteiger partial charge is 0.378 e. The van der Waals surface area contributed by atoms with E-state index < -0.39 is 0 Å². The summed E-state index contributed by atoms with van der Waals surface area (Å²) in [5.41, 5.74) is 0.821. The third-order valence-corrected chi connectivity index (χ3v) is 4.50. The van der Waals surface area contributed by atoms with Crippen molar-refractivity contribution in [3.63, 3.8) is 0 Å². The van der Waals surface area contributed by atoms with Gasteiger partial charge in [-0.1, -0.05) is 6.92 Å². The molecule has 2 unspecified atom stereocenters. The van der Waals surface area contributed by atoms with E-state index in [1.165, 1.54) is 0 Å². The normalized spacial score (nSPS) is 23.8. The van der Waals surface area contributed by atoms with E-state index in [4.69, 9.17) is 14.5 Å². The average molecular weight is 270 g/mol. The van der Waals surface area contributed by atoms with Gasteiger partial charge in [-0.2, -0.15) is 0 Å². The predicted molar refractivity (Wildman–Crippen MR) is 72.9 cm³/mol. The first-order valence-corrected chi connectivity index (χ1v) is 7.48. The van der Waals surface area contributed by atoms with Gasteiger partial charge in [-0.25, -0.2) is 4.98 Å². The number of hydrogen-bond donors (Lipinski definition) is 1. The second-order valence-electron chi connectivity index (χ2n) is 4.68. The summed E-state index contributed by atoms with van der Waals surface area (Å²) in [7, 11) is 0. The number of nitrogens with zero attached hydrogens (tertiary/aromatic N) is 1. The molecule has 1 fully saturated rings. The summed E-state index contributed by atoms with van der Waals surface area (Å²) in [6.07, 6.45) is 0.933. The van der Waals surface area contributed by atoms with Crippen LogP contribution < -0.4 is 5.32 Å². The zero-order valence-corrected chi connectivity index (χ0v) is 12.2. The summed E-state index contributed by atoms with van der Waals surface area (Å²) >= 11 is 1.68. The van der Waals surface area contributed by atoms with E-state index in [0.717, 1.165) is 30.3 Å². The molecule has 0 bridgehead atoms. The molecule has 2 rings (SSSR count). The van der Waals surface area contributed by atoms with E-state index >= 15 is 0 Å². The Morgan fingerprint density at radius 2 is 2.44 bits per heavy atom. The Morgan fingerprint density at radius 1 is 1.61 bits per heavy atom. The first kappa shape index (κ1) is 13.9. The molecule has 0 spiro atoms. The highest BCUT2D eigenvalue weighted by molar-refractivity contribution is 7.09. The molecular formula is C13H22N2O2S. The molecule has 1 aromatic rings. The van der Waals surface area contributed by atoms with Gasteiger partial charge in [0, 0.05) is 18.5 Å². The molecule has 1 aromatic heterocycles. The van der Waals surface area contributed by atoms with Crippen LogP contribution in [0.15, 0.2) is 5.38 Å². The van der Waals surface area contributed by atoms with Gasteiger partial charge in [0.2, 0.25) is 0 Å². The van der Waals surface area contributed by atoms with Crippen LogP contribution in [0.25, 0.3) is 0 Å². The molecule has 1 aliphatic heterocycles. The van der Waals surface area contributed by atoms with E-state index in [1.807, 2.05) is 6.92 Å². The lowest BCUT2D eigenvalue weighted by atomic mass is 10.0. The molecule has 2 heterocycles. The summed E-state index contributed by atoms with van der Waals surface area (Å²) in [5, 5.41) is 6.61. The van der Waals surface area contributed by atoms with Crippen LogP contribution in [-0.4, -0.2) is 31.3 Å². The van der Waals surface area contributed by atoms with Crippen LogP contribution in [0.5, 0.6) is 0 Å². The van der Waals surface area contributed by atoms with Crippen molar-refractivity contribution >= 4 is 11.3 Å². The minimum absolute atomic E-state index is 0.228. The van der Waals surface area contributed by atoms with Crippen LogP contribution in [-0.2, 0) is 15.1 Å². The average Bonchev–Trinajstić information content (AvgIpc) is 2.90. The van der Waals surface area contributed by atoms with Crippen molar-refractivity contribution in [3.8, 4) is 0 Å². The summed E-state index contributed by atoms with van der Waals surface area (Å²) < 4.78 is 11.3. The molecule has 1 aliphatic rings. The standard InChI is InChI=1S/C13H22N2O2S/c1-4-13(3,17-5-2)12-15-11(9-18-12)10-8-16-7-6-14-10/h9-10,14H,4-8H2,1-3H3. The Balaban J connectivity index is 2.13. The second kappa shape index (κ2) is 6.10. The van der Waals surface area contributed by atoms with E-state index in [-0.39, 0.29) is 11.6 Å². The fourth-order valence-electron chi connectivity index (χ4n) is 2.08. The monoisotopic (exact) mass is 270 g/mol. The summed E-state index contributed by atoms with van der Waals surface area (Å²) in [6, 6.07) is 0.228. The number of nitrogens with one attached hydrogen (secondary N) is 1. The minimum Gasteiger partial charge on any atom is -0.378 e. The maximum absolute atomic E-state index is 5.86. The van der Waals surface area contributed by atoms with Crippen LogP contribution in [0.4, 0.5) is 0 Å². The lowest BCUT2D eigenvalue weighted by molar-refractivity contribution is -0.0326. The van der Waals surface area contributed by atoms with E-state index in [2.05, 4.69) is 24.5 Å². The summed E-state index contributed by atoms with van der Waals surface area (Å²) in [5.74, 6) is 0. The molecule has 1 saturated heterocycles. The molecule has 0 saturated carbocycles. The Kier molecular flexibility index (Phi) is 4.72. The fraction of sp³-hybridized carbons (Fsp3) is 0.769. The van der Waals surface area contributed by atoms with Gasteiger partial charge in [0.25, 0.3) is 0 Å². The molecule has 0 aromatic carbocycles. The number of morpholine rings is 1. The van der Waals surface area contributed by atoms with Crippen molar-refractivity contribution in [2.45, 2.75) is 38.8 Å². The van der Waals surface area contributed by atoms with Crippen LogP contribution >= 0.6 is 11.3 Å². The molecule has 0 aliphatic carbocycles.